The number of carbonyl (C=O) groups is 1. The van der Waals surface area contributed by atoms with Crippen LogP contribution >= 0.6 is 0 Å². The number of para-hydroxylation sites is 1. The first kappa shape index (κ1) is 22.0. The number of hydrogen-bond acceptors (Lipinski definition) is 4. The van der Waals surface area contributed by atoms with Gasteiger partial charge in [0.2, 0.25) is 15.9 Å². The van der Waals surface area contributed by atoms with E-state index in [1.54, 1.807) is 16.4 Å². The normalized spacial score (nSPS) is 19.5. The fourth-order valence-electron chi connectivity index (χ4n) is 4.24. The molecule has 2 saturated heterocycles. The molecule has 4 rings (SSSR count). The van der Waals surface area contributed by atoms with E-state index in [0.717, 1.165) is 37.1 Å². The number of amides is 1. The highest BCUT2D eigenvalue weighted by Gasteiger charge is 2.27. The monoisotopic (exact) mass is 442 g/mol. The first-order chi connectivity index (χ1) is 15.0. The summed E-state index contributed by atoms with van der Waals surface area (Å²) in [6.07, 6.45) is 3.77. The first-order valence-corrected chi connectivity index (χ1v) is 12.5. The summed E-state index contributed by atoms with van der Waals surface area (Å²) in [6.45, 7) is 3.31. The van der Waals surface area contributed by atoms with Crippen LogP contribution in [0.3, 0.4) is 0 Å². The van der Waals surface area contributed by atoms with E-state index in [-0.39, 0.29) is 5.91 Å². The highest BCUT2D eigenvalue weighted by atomic mass is 32.2. The molecular formula is C24H30N2O4S. The van der Waals surface area contributed by atoms with Gasteiger partial charge in [0.1, 0.15) is 0 Å². The minimum atomic E-state index is -3.40. The van der Waals surface area contributed by atoms with E-state index in [1.165, 1.54) is 0 Å². The summed E-state index contributed by atoms with van der Waals surface area (Å²) in [6, 6.07) is 16.7. The number of sulfonamides is 1. The highest BCUT2D eigenvalue weighted by Crippen LogP contribution is 2.23. The average Bonchev–Trinajstić information content (AvgIpc) is 3.51. The van der Waals surface area contributed by atoms with Crippen molar-refractivity contribution < 1.29 is 17.9 Å². The fraction of sp³-hybridized carbons (Fsp3) is 0.458. The Balaban J connectivity index is 1.40. The van der Waals surface area contributed by atoms with Gasteiger partial charge in [0, 0.05) is 44.3 Å². The van der Waals surface area contributed by atoms with E-state index in [4.69, 9.17) is 4.74 Å². The lowest BCUT2D eigenvalue weighted by atomic mass is 10.1. The van der Waals surface area contributed by atoms with Gasteiger partial charge in [-0.15, -0.1) is 0 Å². The SMILES string of the molecule is O=C(CCc1ccc(S(=O)(=O)N2CCCC2)cc1)N(C[C@H]1CCOC1)c1ccccc1. The number of hydrogen-bond donors (Lipinski definition) is 0. The van der Waals surface area contributed by atoms with E-state index in [1.807, 2.05) is 47.4 Å². The largest absolute Gasteiger partial charge is 0.381 e. The second-order valence-corrected chi connectivity index (χ2v) is 10.3. The smallest absolute Gasteiger partial charge is 0.243 e. The molecule has 2 aliphatic heterocycles. The van der Waals surface area contributed by atoms with Crippen molar-refractivity contribution in [2.24, 2.45) is 5.92 Å². The van der Waals surface area contributed by atoms with Gasteiger partial charge in [-0.3, -0.25) is 4.79 Å². The molecule has 31 heavy (non-hydrogen) atoms. The van der Waals surface area contributed by atoms with Gasteiger partial charge in [0.25, 0.3) is 0 Å². The Bertz CT molecular complexity index is 964. The number of anilines is 1. The van der Waals surface area contributed by atoms with Crippen LogP contribution in [0.1, 0.15) is 31.2 Å². The number of rotatable bonds is 8. The maximum Gasteiger partial charge on any atom is 0.243 e. The second kappa shape index (κ2) is 9.94. The van der Waals surface area contributed by atoms with Gasteiger partial charge in [-0.1, -0.05) is 30.3 Å². The molecule has 0 bridgehead atoms. The quantitative estimate of drug-likeness (QED) is 0.628. The number of carbonyl (C=O) groups excluding carboxylic acids is 1. The summed E-state index contributed by atoms with van der Waals surface area (Å²) in [4.78, 5) is 15.3. The minimum Gasteiger partial charge on any atom is -0.381 e. The molecule has 1 amide bonds. The summed E-state index contributed by atoms with van der Waals surface area (Å²) in [7, 11) is -3.40. The third kappa shape index (κ3) is 5.34. The standard InChI is InChI=1S/C24H30N2O4S/c27-24(26(18-21-14-17-30-19-21)22-6-2-1-3-7-22)13-10-20-8-11-23(12-9-20)31(28,29)25-15-4-5-16-25/h1-3,6-9,11-12,21H,4-5,10,13-19H2/t21-/m1/s1. The molecule has 1 atom stereocenters. The summed E-state index contributed by atoms with van der Waals surface area (Å²) < 4.78 is 32.4. The predicted molar refractivity (Wildman–Crippen MR) is 120 cm³/mol. The number of aryl methyl sites for hydroxylation is 1. The Hall–Kier alpha value is -2.22. The molecule has 0 aromatic heterocycles. The van der Waals surface area contributed by atoms with Crippen LogP contribution in [0.4, 0.5) is 5.69 Å². The lowest BCUT2D eigenvalue weighted by molar-refractivity contribution is -0.118. The molecule has 6 nitrogen and oxygen atoms in total. The Kier molecular flexibility index (Phi) is 7.05. The predicted octanol–water partition coefficient (Wildman–Crippen LogP) is 3.47. The molecule has 0 aliphatic carbocycles. The third-order valence-corrected chi connectivity index (χ3v) is 8.00. The summed E-state index contributed by atoms with van der Waals surface area (Å²) in [5.74, 6) is 0.436. The molecule has 0 unspecified atom stereocenters. The highest BCUT2D eigenvalue weighted by molar-refractivity contribution is 7.89. The van der Waals surface area contributed by atoms with Crippen LogP contribution in [0.15, 0.2) is 59.5 Å². The van der Waals surface area contributed by atoms with E-state index >= 15 is 0 Å². The average molecular weight is 443 g/mol. The lowest BCUT2D eigenvalue weighted by Gasteiger charge is -2.25. The van der Waals surface area contributed by atoms with Crippen LogP contribution in [0.2, 0.25) is 0 Å². The summed E-state index contributed by atoms with van der Waals surface area (Å²) in [5, 5.41) is 0. The lowest BCUT2D eigenvalue weighted by Crippen LogP contribution is -2.35. The Morgan fingerprint density at radius 3 is 2.39 bits per heavy atom. The number of nitrogens with zero attached hydrogens (tertiary/aromatic N) is 2. The van der Waals surface area contributed by atoms with Crippen molar-refractivity contribution in [1.29, 1.82) is 0 Å². The van der Waals surface area contributed by atoms with E-state index in [2.05, 4.69) is 0 Å². The number of ether oxygens (including phenoxy) is 1. The van der Waals surface area contributed by atoms with Crippen LogP contribution in [0.25, 0.3) is 0 Å². The molecule has 2 aliphatic rings. The van der Waals surface area contributed by atoms with Crippen molar-refractivity contribution in [1.82, 2.24) is 4.31 Å². The Morgan fingerprint density at radius 1 is 1.03 bits per heavy atom. The van der Waals surface area contributed by atoms with Crippen molar-refractivity contribution in [3.8, 4) is 0 Å². The first-order valence-electron chi connectivity index (χ1n) is 11.1. The van der Waals surface area contributed by atoms with Crippen molar-refractivity contribution in [3.05, 3.63) is 60.2 Å². The second-order valence-electron chi connectivity index (χ2n) is 8.32. The molecule has 2 aromatic carbocycles. The van der Waals surface area contributed by atoms with Gasteiger partial charge in [-0.2, -0.15) is 4.31 Å². The van der Waals surface area contributed by atoms with Crippen molar-refractivity contribution >= 4 is 21.6 Å². The molecule has 166 valence electrons. The molecule has 0 radical (unpaired) electrons. The molecule has 2 fully saturated rings. The topological polar surface area (TPSA) is 66.9 Å². The molecule has 0 spiro atoms. The summed E-state index contributed by atoms with van der Waals surface area (Å²) in [5.41, 5.74) is 1.87. The van der Waals surface area contributed by atoms with Crippen LogP contribution in [0.5, 0.6) is 0 Å². The Labute approximate surface area is 184 Å². The van der Waals surface area contributed by atoms with Crippen molar-refractivity contribution in [2.75, 3.05) is 37.7 Å². The fourth-order valence-corrected chi connectivity index (χ4v) is 5.75. The molecule has 7 heteroatoms. The van der Waals surface area contributed by atoms with Gasteiger partial charge >= 0.3 is 0 Å². The van der Waals surface area contributed by atoms with E-state index in [0.29, 0.717) is 49.9 Å². The van der Waals surface area contributed by atoms with E-state index in [9.17, 15) is 13.2 Å². The van der Waals surface area contributed by atoms with Gasteiger partial charge in [-0.25, -0.2) is 8.42 Å². The van der Waals surface area contributed by atoms with Crippen LogP contribution < -0.4 is 4.90 Å². The van der Waals surface area contributed by atoms with Crippen molar-refractivity contribution in [2.45, 2.75) is 37.0 Å². The zero-order valence-electron chi connectivity index (χ0n) is 17.8. The molecule has 0 saturated carbocycles. The number of benzene rings is 2. The molecule has 2 aromatic rings. The minimum absolute atomic E-state index is 0.0758. The van der Waals surface area contributed by atoms with Crippen LogP contribution in [0, 0.1) is 5.92 Å². The maximum atomic E-state index is 13.1. The van der Waals surface area contributed by atoms with Gasteiger partial charge in [-0.05, 0) is 55.5 Å². The van der Waals surface area contributed by atoms with Gasteiger partial charge < -0.3 is 9.64 Å². The summed E-state index contributed by atoms with van der Waals surface area (Å²) >= 11 is 0. The van der Waals surface area contributed by atoms with Gasteiger partial charge in [0.15, 0.2) is 0 Å². The maximum absolute atomic E-state index is 13.1. The zero-order chi connectivity index (χ0) is 21.7. The third-order valence-electron chi connectivity index (χ3n) is 6.09. The molecule has 0 N–H and O–H groups in total. The van der Waals surface area contributed by atoms with E-state index < -0.39 is 10.0 Å². The van der Waals surface area contributed by atoms with Crippen molar-refractivity contribution in [3.63, 3.8) is 0 Å². The molecule has 2 heterocycles. The zero-order valence-corrected chi connectivity index (χ0v) is 18.6. The van der Waals surface area contributed by atoms with Crippen LogP contribution in [-0.4, -0.2) is 51.5 Å². The van der Waals surface area contributed by atoms with Gasteiger partial charge in [0.05, 0.1) is 11.5 Å². The molecular weight excluding hydrogens is 412 g/mol. The Morgan fingerprint density at radius 2 is 1.74 bits per heavy atom. The van der Waals surface area contributed by atoms with Crippen LogP contribution in [-0.2, 0) is 26.0 Å².